The van der Waals surface area contributed by atoms with Crippen LogP contribution >= 0.6 is 24.0 Å². The number of thiocarbonyl (C=S) groups is 1. The molecule has 1 amide bonds. The molecule has 224 valence electrons. The summed E-state index contributed by atoms with van der Waals surface area (Å²) in [5.41, 5.74) is 2.72. The van der Waals surface area contributed by atoms with Crippen molar-refractivity contribution in [2.24, 2.45) is 5.92 Å². The molecule has 2 aliphatic heterocycles. The van der Waals surface area contributed by atoms with Gasteiger partial charge in [-0.1, -0.05) is 100 Å². The number of hydrogen-bond acceptors (Lipinski definition) is 6. The van der Waals surface area contributed by atoms with Gasteiger partial charge in [-0.2, -0.15) is 5.26 Å². The predicted octanol–water partition coefficient (Wildman–Crippen LogP) is 7.46. The van der Waals surface area contributed by atoms with E-state index >= 15 is 0 Å². The second-order valence-electron chi connectivity index (χ2n) is 11.5. The number of thioether (sulfide) groups is 1. The molecule has 1 aromatic carbocycles. The van der Waals surface area contributed by atoms with E-state index in [0.717, 1.165) is 69.4 Å². The molecule has 0 spiro atoms. The van der Waals surface area contributed by atoms with Crippen LogP contribution in [0.4, 0.5) is 5.82 Å². The number of pyridine rings is 1. The Hall–Kier alpha value is -2.89. The van der Waals surface area contributed by atoms with Crippen LogP contribution in [0.1, 0.15) is 93.9 Å². The van der Waals surface area contributed by atoms with Gasteiger partial charge in [0.15, 0.2) is 0 Å². The minimum absolute atomic E-state index is 0.0720. The quantitative estimate of drug-likeness (QED) is 0.134. The Kier molecular flexibility index (Phi) is 11.9. The Labute approximate surface area is 260 Å². The van der Waals surface area contributed by atoms with Gasteiger partial charge in [-0.3, -0.25) is 19.1 Å². The largest absolute Gasteiger partial charge is 0.357 e. The van der Waals surface area contributed by atoms with Crippen molar-refractivity contribution >= 4 is 46.1 Å². The fourth-order valence-corrected chi connectivity index (χ4v) is 7.29. The third-order valence-electron chi connectivity index (χ3n) is 8.50. The monoisotopic (exact) mass is 604 g/mol. The van der Waals surface area contributed by atoms with Gasteiger partial charge < -0.3 is 4.90 Å². The third kappa shape index (κ3) is 7.54. The number of piperidine rings is 1. The van der Waals surface area contributed by atoms with E-state index < -0.39 is 0 Å². The van der Waals surface area contributed by atoms with Crippen LogP contribution in [-0.4, -0.2) is 39.3 Å². The molecule has 0 N–H and O–H groups in total. The van der Waals surface area contributed by atoms with Crippen LogP contribution in [0.25, 0.3) is 6.08 Å². The molecule has 42 heavy (non-hydrogen) atoms. The maximum atomic E-state index is 13.6. The van der Waals surface area contributed by atoms with Crippen molar-refractivity contribution < 1.29 is 4.79 Å². The molecule has 0 aliphatic carbocycles. The highest BCUT2D eigenvalue weighted by Gasteiger charge is 2.33. The van der Waals surface area contributed by atoms with E-state index in [1.165, 1.54) is 36.6 Å². The summed E-state index contributed by atoms with van der Waals surface area (Å²) in [6, 6.07) is 12.8. The molecule has 8 heteroatoms. The number of anilines is 1. The number of nitrogens with zero attached hydrogens (tertiary/aromatic N) is 4. The minimum Gasteiger partial charge on any atom is -0.357 e. The van der Waals surface area contributed by atoms with E-state index in [9.17, 15) is 14.9 Å². The first-order valence-electron chi connectivity index (χ1n) is 15.6. The molecule has 0 unspecified atom stereocenters. The molecule has 0 saturated carbocycles. The Balaban J connectivity index is 1.66. The predicted molar refractivity (Wildman–Crippen MR) is 179 cm³/mol. The van der Waals surface area contributed by atoms with Gasteiger partial charge >= 0.3 is 0 Å². The van der Waals surface area contributed by atoms with Gasteiger partial charge in [-0.25, -0.2) is 0 Å². The van der Waals surface area contributed by atoms with Gasteiger partial charge in [0.25, 0.3) is 11.5 Å². The topological polar surface area (TPSA) is 69.3 Å². The molecule has 0 bridgehead atoms. The van der Waals surface area contributed by atoms with Gasteiger partial charge in [0.05, 0.1) is 4.91 Å². The lowest BCUT2D eigenvalue weighted by atomic mass is 9.90. The van der Waals surface area contributed by atoms with Crippen molar-refractivity contribution in [2.45, 2.75) is 91.5 Å². The fourth-order valence-electron chi connectivity index (χ4n) is 6.00. The zero-order chi connectivity index (χ0) is 30.1. The molecule has 2 aliphatic rings. The smallest absolute Gasteiger partial charge is 0.270 e. The number of hydrogen-bond donors (Lipinski definition) is 0. The first kappa shape index (κ1) is 32.0. The number of nitriles is 1. The van der Waals surface area contributed by atoms with E-state index in [4.69, 9.17) is 12.2 Å². The zero-order valence-corrected chi connectivity index (χ0v) is 27.0. The fraction of sp³-hybridized carbons (Fsp3) is 0.529. The molecule has 1 aromatic heterocycles. The van der Waals surface area contributed by atoms with Crippen molar-refractivity contribution in [2.75, 3.05) is 24.5 Å². The van der Waals surface area contributed by atoms with Crippen LogP contribution in [0.15, 0.2) is 40.0 Å². The Bertz CT molecular complexity index is 1380. The summed E-state index contributed by atoms with van der Waals surface area (Å²) in [7, 11) is 0. The number of amides is 1. The first-order chi connectivity index (χ1) is 20.4. The molecule has 2 aromatic rings. The highest BCUT2D eigenvalue weighted by atomic mass is 32.2. The van der Waals surface area contributed by atoms with Crippen molar-refractivity contribution in [1.29, 1.82) is 5.26 Å². The molecule has 4 rings (SSSR count). The molecular formula is C34H44N4O2S2. The lowest BCUT2D eigenvalue weighted by molar-refractivity contribution is -0.122. The Morgan fingerprint density at radius 1 is 1.00 bits per heavy atom. The van der Waals surface area contributed by atoms with Gasteiger partial charge in [-0.15, -0.1) is 0 Å². The highest BCUT2D eigenvalue weighted by Crippen LogP contribution is 2.37. The van der Waals surface area contributed by atoms with Crippen LogP contribution in [-0.2, 0) is 17.8 Å². The molecule has 2 fully saturated rings. The minimum atomic E-state index is -0.235. The lowest BCUT2D eigenvalue weighted by Gasteiger charge is -2.36. The number of aromatic nitrogens is 1. The van der Waals surface area contributed by atoms with Crippen LogP contribution in [0.3, 0.4) is 0 Å². The number of rotatable bonds is 13. The van der Waals surface area contributed by atoms with E-state index in [1.54, 1.807) is 9.47 Å². The maximum Gasteiger partial charge on any atom is 0.270 e. The van der Waals surface area contributed by atoms with E-state index in [2.05, 4.69) is 55.1 Å². The average molecular weight is 605 g/mol. The van der Waals surface area contributed by atoms with Crippen molar-refractivity contribution in [1.82, 2.24) is 9.47 Å². The van der Waals surface area contributed by atoms with Crippen LogP contribution in [0, 0.1) is 24.2 Å². The van der Waals surface area contributed by atoms with Gasteiger partial charge in [0.2, 0.25) is 0 Å². The van der Waals surface area contributed by atoms with Crippen LogP contribution < -0.4 is 10.5 Å². The van der Waals surface area contributed by atoms with Gasteiger partial charge in [-0.05, 0) is 62.1 Å². The molecule has 6 nitrogen and oxygen atoms in total. The highest BCUT2D eigenvalue weighted by molar-refractivity contribution is 8.26. The summed E-state index contributed by atoms with van der Waals surface area (Å²) in [6.45, 7) is 8.97. The maximum absolute atomic E-state index is 13.6. The van der Waals surface area contributed by atoms with Crippen molar-refractivity contribution in [3.05, 3.63) is 67.8 Å². The SMILES string of the molecule is CCCCCCCN1C(=O)/C(=C/c2c(C)c(C#N)c(=O)n(CCCC)c2N2CCC(Cc3ccccc3)CC2)SC1=S. The average Bonchev–Trinajstić information content (AvgIpc) is 3.26. The lowest BCUT2D eigenvalue weighted by Crippen LogP contribution is -2.40. The van der Waals surface area contributed by atoms with Crippen LogP contribution in [0.5, 0.6) is 0 Å². The Morgan fingerprint density at radius 3 is 2.36 bits per heavy atom. The second-order valence-corrected chi connectivity index (χ2v) is 13.2. The standard InChI is InChI=1S/C34H44N4O2S2/c1-4-6-8-9-13-19-38-33(40)30(42-34(38)41)23-28-25(3)29(24-35)32(39)37(18-7-5-2)31(28)36-20-16-27(17-21-36)22-26-14-11-10-12-15-26/h10-12,14-15,23,27H,4-9,13,16-22H2,1-3H3/b30-23-. The third-order valence-corrected chi connectivity index (χ3v) is 9.88. The summed E-state index contributed by atoms with van der Waals surface area (Å²) in [5.74, 6) is 1.35. The summed E-state index contributed by atoms with van der Waals surface area (Å²) >= 11 is 6.96. The van der Waals surface area contributed by atoms with Crippen molar-refractivity contribution in [3.8, 4) is 6.07 Å². The molecular weight excluding hydrogens is 561 g/mol. The molecule has 0 radical (unpaired) electrons. The van der Waals surface area contributed by atoms with Crippen molar-refractivity contribution in [3.63, 3.8) is 0 Å². The van der Waals surface area contributed by atoms with Crippen LogP contribution in [0.2, 0.25) is 0 Å². The molecule has 0 atom stereocenters. The molecule has 3 heterocycles. The Morgan fingerprint density at radius 2 is 1.69 bits per heavy atom. The first-order valence-corrected chi connectivity index (χ1v) is 16.8. The van der Waals surface area contributed by atoms with E-state index in [0.29, 0.717) is 33.8 Å². The normalized spacial score (nSPS) is 17.0. The number of carbonyl (C=O) groups is 1. The number of carbonyl (C=O) groups excluding carboxylic acids is 1. The summed E-state index contributed by atoms with van der Waals surface area (Å²) in [5, 5.41) is 10.0. The molecule has 2 saturated heterocycles. The zero-order valence-electron chi connectivity index (χ0n) is 25.4. The summed E-state index contributed by atoms with van der Waals surface area (Å²) < 4.78 is 2.38. The summed E-state index contributed by atoms with van der Waals surface area (Å²) in [4.78, 5) is 31.8. The number of unbranched alkanes of at least 4 members (excludes halogenated alkanes) is 5. The van der Waals surface area contributed by atoms with Gasteiger partial charge in [0, 0.05) is 31.7 Å². The van der Waals surface area contributed by atoms with E-state index in [1.807, 2.05) is 13.0 Å². The van der Waals surface area contributed by atoms with Gasteiger partial charge in [0.1, 0.15) is 21.8 Å². The number of benzene rings is 1. The summed E-state index contributed by atoms with van der Waals surface area (Å²) in [6.07, 6.45) is 12.4. The second kappa shape index (κ2) is 15.5. The van der Waals surface area contributed by atoms with E-state index in [-0.39, 0.29) is 17.0 Å².